The van der Waals surface area contributed by atoms with Crippen LogP contribution in [0.4, 0.5) is 0 Å². The number of carbonyl (C=O) groups excluding carboxylic acids is 1. The molecule has 2 aromatic rings. The van der Waals surface area contributed by atoms with Crippen LogP contribution in [0.2, 0.25) is 0 Å². The molecule has 1 saturated heterocycles. The van der Waals surface area contributed by atoms with E-state index in [9.17, 15) is 4.79 Å². The first-order chi connectivity index (χ1) is 9.25. The third kappa shape index (κ3) is 2.41. The predicted octanol–water partition coefficient (Wildman–Crippen LogP) is 1.76. The van der Waals surface area contributed by atoms with Crippen LogP contribution in [-0.4, -0.2) is 42.0 Å². The van der Waals surface area contributed by atoms with Crippen LogP contribution >= 0.6 is 11.3 Å². The number of nitrogens with one attached hydrogen (secondary N) is 1. The molecule has 6 heteroatoms. The van der Waals surface area contributed by atoms with E-state index in [0.717, 1.165) is 36.1 Å². The molecule has 1 N–H and O–H groups in total. The number of hydrogen-bond acceptors (Lipinski definition) is 5. The molecular weight excluding hydrogens is 262 g/mol. The largest absolute Gasteiger partial charge is 0.462 e. The first kappa shape index (κ1) is 12.4. The summed E-state index contributed by atoms with van der Waals surface area (Å²) in [7, 11) is 0. The van der Waals surface area contributed by atoms with E-state index in [4.69, 9.17) is 4.42 Å². The van der Waals surface area contributed by atoms with Gasteiger partial charge in [-0.3, -0.25) is 4.79 Å². The van der Waals surface area contributed by atoms with Gasteiger partial charge in [-0.2, -0.15) is 0 Å². The molecular formula is C13H15N3O2S. The molecule has 1 aliphatic heterocycles. The van der Waals surface area contributed by atoms with E-state index in [-0.39, 0.29) is 5.91 Å². The standard InChI is InChI=1S/C13H15N3O2S/c1-9-11(13(17)16-6-4-14-5-7-16)15-12(19-9)10-3-2-8-18-10/h2-3,8,14H,4-7H2,1H3. The first-order valence-corrected chi connectivity index (χ1v) is 7.08. The van der Waals surface area contributed by atoms with Crippen LogP contribution in [0.3, 0.4) is 0 Å². The fraction of sp³-hybridized carbons (Fsp3) is 0.385. The molecule has 2 aromatic heterocycles. The fourth-order valence-electron chi connectivity index (χ4n) is 2.12. The second kappa shape index (κ2) is 5.14. The van der Waals surface area contributed by atoms with Crippen molar-refractivity contribution < 1.29 is 9.21 Å². The Labute approximate surface area is 115 Å². The average molecular weight is 277 g/mol. The van der Waals surface area contributed by atoms with Crippen LogP contribution in [-0.2, 0) is 0 Å². The minimum Gasteiger partial charge on any atom is -0.462 e. The summed E-state index contributed by atoms with van der Waals surface area (Å²) in [6.07, 6.45) is 1.61. The molecule has 0 saturated carbocycles. The molecule has 100 valence electrons. The molecule has 0 atom stereocenters. The molecule has 1 fully saturated rings. The van der Waals surface area contributed by atoms with Gasteiger partial charge in [-0.05, 0) is 19.1 Å². The molecule has 3 heterocycles. The zero-order valence-electron chi connectivity index (χ0n) is 10.7. The second-order valence-electron chi connectivity index (χ2n) is 4.44. The van der Waals surface area contributed by atoms with Gasteiger partial charge in [-0.25, -0.2) is 4.98 Å². The Kier molecular flexibility index (Phi) is 3.35. The Bertz CT molecular complexity index is 571. The Morgan fingerprint density at radius 3 is 2.95 bits per heavy atom. The van der Waals surface area contributed by atoms with Crippen molar-refractivity contribution in [3.63, 3.8) is 0 Å². The van der Waals surface area contributed by atoms with Crippen molar-refractivity contribution in [2.75, 3.05) is 26.2 Å². The van der Waals surface area contributed by atoms with Crippen LogP contribution in [0.15, 0.2) is 22.8 Å². The summed E-state index contributed by atoms with van der Waals surface area (Å²) in [6, 6.07) is 3.68. The summed E-state index contributed by atoms with van der Waals surface area (Å²) in [5, 5.41) is 4.00. The number of furan rings is 1. The van der Waals surface area contributed by atoms with Gasteiger partial charge in [0.1, 0.15) is 5.69 Å². The van der Waals surface area contributed by atoms with Crippen LogP contribution < -0.4 is 5.32 Å². The van der Waals surface area contributed by atoms with Gasteiger partial charge >= 0.3 is 0 Å². The fourth-order valence-corrected chi connectivity index (χ4v) is 2.99. The lowest BCUT2D eigenvalue weighted by Crippen LogP contribution is -2.46. The van der Waals surface area contributed by atoms with Crippen molar-refractivity contribution in [3.8, 4) is 10.8 Å². The number of piperazine rings is 1. The van der Waals surface area contributed by atoms with Gasteiger partial charge in [0.25, 0.3) is 5.91 Å². The van der Waals surface area contributed by atoms with E-state index in [1.54, 1.807) is 6.26 Å². The molecule has 1 aliphatic rings. The maximum atomic E-state index is 12.4. The molecule has 0 unspecified atom stereocenters. The number of aromatic nitrogens is 1. The number of rotatable bonds is 2. The summed E-state index contributed by atoms with van der Waals surface area (Å²) in [6.45, 7) is 5.11. The lowest BCUT2D eigenvalue weighted by Gasteiger charge is -2.26. The molecule has 0 spiro atoms. The molecule has 1 amide bonds. The lowest BCUT2D eigenvalue weighted by atomic mass is 10.3. The number of carbonyl (C=O) groups is 1. The van der Waals surface area contributed by atoms with Gasteiger partial charge in [0.15, 0.2) is 10.8 Å². The molecule has 3 rings (SSSR count). The summed E-state index contributed by atoms with van der Waals surface area (Å²) in [5.74, 6) is 0.737. The minimum absolute atomic E-state index is 0.0213. The topological polar surface area (TPSA) is 58.4 Å². The van der Waals surface area contributed by atoms with Crippen LogP contribution in [0.1, 0.15) is 15.4 Å². The van der Waals surface area contributed by atoms with E-state index >= 15 is 0 Å². The Morgan fingerprint density at radius 1 is 1.47 bits per heavy atom. The molecule has 5 nitrogen and oxygen atoms in total. The summed E-state index contributed by atoms with van der Waals surface area (Å²) < 4.78 is 5.33. The van der Waals surface area contributed by atoms with E-state index in [2.05, 4.69) is 10.3 Å². The average Bonchev–Trinajstić information content (AvgIpc) is 3.08. The number of nitrogens with zero attached hydrogens (tertiary/aromatic N) is 2. The van der Waals surface area contributed by atoms with Gasteiger partial charge in [0.05, 0.1) is 6.26 Å². The number of aryl methyl sites for hydroxylation is 1. The number of amides is 1. The SMILES string of the molecule is Cc1sc(-c2ccco2)nc1C(=O)N1CCNCC1. The van der Waals surface area contributed by atoms with Crippen molar-refractivity contribution in [2.24, 2.45) is 0 Å². The highest BCUT2D eigenvalue weighted by atomic mass is 32.1. The number of thiazole rings is 1. The first-order valence-electron chi connectivity index (χ1n) is 6.27. The van der Waals surface area contributed by atoms with Gasteiger partial charge in [-0.15, -0.1) is 11.3 Å². The third-order valence-electron chi connectivity index (χ3n) is 3.14. The quantitative estimate of drug-likeness (QED) is 0.908. The van der Waals surface area contributed by atoms with Gasteiger partial charge in [0, 0.05) is 31.1 Å². The van der Waals surface area contributed by atoms with E-state index in [0.29, 0.717) is 11.5 Å². The van der Waals surface area contributed by atoms with Gasteiger partial charge in [0.2, 0.25) is 0 Å². The Balaban J connectivity index is 1.86. The molecule has 19 heavy (non-hydrogen) atoms. The molecule has 0 radical (unpaired) electrons. The lowest BCUT2D eigenvalue weighted by molar-refractivity contribution is 0.0730. The van der Waals surface area contributed by atoms with E-state index in [1.807, 2.05) is 24.0 Å². The highest BCUT2D eigenvalue weighted by Gasteiger charge is 2.23. The highest BCUT2D eigenvalue weighted by Crippen LogP contribution is 2.28. The molecule has 0 aliphatic carbocycles. The zero-order chi connectivity index (χ0) is 13.2. The maximum Gasteiger partial charge on any atom is 0.273 e. The van der Waals surface area contributed by atoms with Crippen molar-refractivity contribution in [1.29, 1.82) is 0 Å². The summed E-state index contributed by atoms with van der Waals surface area (Å²) in [5.41, 5.74) is 0.554. The minimum atomic E-state index is 0.0213. The Hall–Kier alpha value is -1.66. The highest BCUT2D eigenvalue weighted by molar-refractivity contribution is 7.15. The maximum absolute atomic E-state index is 12.4. The van der Waals surface area contributed by atoms with Crippen molar-refractivity contribution in [1.82, 2.24) is 15.2 Å². The van der Waals surface area contributed by atoms with E-state index < -0.39 is 0 Å². The summed E-state index contributed by atoms with van der Waals surface area (Å²) >= 11 is 1.50. The monoisotopic (exact) mass is 277 g/mol. The smallest absolute Gasteiger partial charge is 0.273 e. The predicted molar refractivity (Wildman–Crippen MR) is 73.3 cm³/mol. The van der Waals surface area contributed by atoms with Gasteiger partial charge in [-0.1, -0.05) is 0 Å². The Morgan fingerprint density at radius 2 is 2.26 bits per heavy atom. The number of hydrogen-bond donors (Lipinski definition) is 1. The zero-order valence-corrected chi connectivity index (χ0v) is 11.5. The van der Waals surface area contributed by atoms with Crippen LogP contribution in [0.5, 0.6) is 0 Å². The van der Waals surface area contributed by atoms with E-state index in [1.165, 1.54) is 11.3 Å². The van der Waals surface area contributed by atoms with Crippen molar-refractivity contribution in [2.45, 2.75) is 6.92 Å². The normalized spacial score (nSPS) is 15.7. The van der Waals surface area contributed by atoms with Crippen molar-refractivity contribution >= 4 is 17.2 Å². The van der Waals surface area contributed by atoms with Crippen LogP contribution in [0, 0.1) is 6.92 Å². The van der Waals surface area contributed by atoms with Crippen LogP contribution in [0.25, 0.3) is 10.8 Å². The van der Waals surface area contributed by atoms with Crippen molar-refractivity contribution in [3.05, 3.63) is 29.0 Å². The molecule has 0 bridgehead atoms. The molecule has 0 aromatic carbocycles. The summed E-state index contributed by atoms with van der Waals surface area (Å²) in [4.78, 5) is 19.6. The third-order valence-corrected chi connectivity index (χ3v) is 4.12. The second-order valence-corrected chi connectivity index (χ2v) is 5.65. The van der Waals surface area contributed by atoms with Gasteiger partial charge < -0.3 is 14.6 Å².